The molecule has 4 rings (SSSR count). The van der Waals surface area contributed by atoms with Gasteiger partial charge in [0.1, 0.15) is 5.82 Å². The predicted molar refractivity (Wildman–Crippen MR) is 101 cm³/mol. The van der Waals surface area contributed by atoms with Gasteiger partial charge in [0.2, 0.25) is 5.82 Å². The molecule has 6 nitrogen and oxygen atoms in total. The normalized spacial score (nSPS) is 21.3. The number of hydrogen-bond acceptors (Lipinski definition) is 4. The van der Waals surface area contributed by atoms with Gasteiger partial charge in [-0.05, 0) is 70.0 Å². The van der Waals surface area contributed by atoms with E-state index >= 15 is 0 Å². The van der Waals surface area contributed by atoms with Gasteiger partial charge in [0.05, 0.1) is 5.69 Å². The summed E-state index contributed by atoms with van der Waals surface area (Å²) in [4.78, 5) is 21.8. The lowest BCUT2D eigenvalue weighted by molar-refractivity contribution is 0.0596. The number of rotatable bonds is 3. The second-order valence-electron chi connectivity index (χ2n) is 7.16. The highest BCUT2D eigenvalue weighted by Crippen LogP contribution is 2.22. The van der Waals surface area contributed by atoms with E-state index in [-0.39, 0.29) is 11.7 Å². The first-order chi connectivity index (χ1) is 12.6. The van der Waals surface area contributed by atoms with Gasteiger partial charge in [0.15, 0.2) is 0 Å². The van der Waals surface area contributed by atoms with E-state index in [2.05, 4.69) is 15.0 Å². The lowest BCUT2D eigenvalue weighted by Gasteiger charge is -2.37. The molecule has 2 fully saturated rings. The molecule has 0 radical (unpaired) electrons. The van der Waals surface area contributed by atoms with Gasteiger partial charge in [-0.1, -0.05) is 11.6 Å². The van der Waals surface area contributed by atoms with E-state index in [9.17, 15) is 4.79 Å². The van der Waals surface area contributed by atoms with Gasteiger partial charge in [0, 0.05) is 24.2 Å². The Labute approximate surface area is 158 Å². The lowest BCUT2D eigenvalue weighted by Crippen LogP contribution is -2.49. The zero-order chi connectivity index (χ0) is 18.1. The third-order valence-electron chi connectivity index (χ3n) is 5.37. The van der Waals surface area contributed by atoms with E-state index in [4.69, 9.17) is 11.6 Å². The number of aromatic nitrogens is 3. The molecule has 0 spiro atoms. The number of carbonyl (C=O) groups excluding carboxylic acids is 1. The van der Waals surface area contributed by atoms with Crippen molar-refractivity contribution in [3.8, 4) is 5.69 Å². The largest absolute Gasteiger partial charge is 0.334 e. The van der Waals surface area contributed by atoms with Crippen LogP contribution in [0.4, 0.5) is 0 Å². The standard InChI is InChI=1S/C19H24ClN5O/c1-14-21-18(22-25(14)16-8-6-15(20)7-9-16)19(26)24-12-4-5-17(13-24)23-10-2-3-11-23/h6-9,17H,2-5,10-13H2,1H3. The van der Waals surface area contributed by atoms with Crippen LogP contribution in [0, 0.1) is 6.92 Å². The molecule has 2 saturated heterocycles. The highest BCUT2D eigenvalue weighted by Gasteiger charge is 2.31. The number of nitrogens with zero attached hydrogens (tertiary/aromatic N) is 5. The van der Waals surface area contributed by atoms with E-state index in [1.54, 1.807) is 4.68 Å². The maximum Gasteiger partial charge on any atom is 0.293 e. The molecule has 2 aliphatic heterocycles. The van der Waals surface area contributed by atoms with Crippen molar-refractivity contribution in [2.75, 3.05) is 26.2 Å². The minimum absolute atomic E-state index is 0.0651. The van der Waals surface area contributed by atoms with Crippen LogP contribution in [0.2, 0.25) is 5.02 Å². The van der Waals surface area contributed by atoms with E-state index < -0.39 is 0 Å². The molecular formula is C19H24ClN5O. The van der Waals surface area contributed by atoms with E-state index in [0.717, 1.165) is 38.3 Å². The third kappa shape index (κ3) is 3.48. The number of halogens is 1. The van der Waals surface area contributed by atoms with Gasteiger partial charge < -0.3 is 4.90 Å². The number of hydrogen-bond donors (Lipinski definition) is 0. The Kier molecular flexibility index (Phi) is 4.96. The molecule has 1 amide bonds. The van der Waals surface area contributed by atoms with Crippen LogP contribution in [-0.2, 0) is 0 Å². The summed E-state index contributed by atoms with van der Waals surface area (Å²) in [6.07, 6.45) is 4.77. The van der Waals surface area contributed by atoms with Gasteiger partial charge in [-0.25, -0.2) is 9.67 Å². The zero-order valence-electron chi connectivity index (χ0n) is 15.1. The molecule has 1 aromatic carbocycles. The Bertz CT molecular complexity index is 782. The number of benzene rings is 1. The molecule has 0 bridgehead atoms. The molecule has 3 heterocycles. The van der Waals surface area contributed by atoms with E-state index in [1.807, 2.05) is 36.1 Å². The maximum absolute atomic E-state index is 13.0. The molecule has 1 unspecified atom stereocenters. The van der Waals surface area contributed by atoms with Gasteiger partial charge in [-0.3, -0.25) is 9.69 Å². The molecule has 7 heteroatoms. The lowest BCUT2D eigenvalue weighted by atomic mass is 10.0. The fourth-order valence-electron chi connectivity index (χ4n) is 3.99. The first-order valence-corrected chi connectivity index (χ1v) is 9.72. The molecule has 0 saturated carbocycles. The van der Waals surface area contributed by atoms with Crippen LogP contribution in [0.15, 0.2) is 24.3 Å². The third-order valence-corrected chi connectivity index (χ3v) is 5.62. The van der Waals surface area contributed by atoms with E-state index in [1.165, 1.54) is 19.3 Å². The van der Waals surface area contributed by atoms with Crippen LogP contribution < -0.4 is 0 Å². The average molecular weight is 374 g/mol. The van der Waals surface area contributed by atoms with Crippen LogP contribution in [0.3, 0.4) is 0 Å². The van der Waals surface area contributed by atoms with Gasteiger partial charge >= 0.3 is 0 Å². The Morgan fingerprint density at radius 1 is 1.12 bits per heavy atom. The number of carbonyl (C=O) groups is 1. The summed E-state index contributed by atoms with van der Waals surface area (Å²) in [5.41, 5.74) is 0.854. The predicted octanol–water partition coefficient (Wildman–Crippen LogP) is 2.93. The summed E-state index contributed by atoms with van der Waals surface area (Å²) < 4.78 is 1.70. The van der Waals surface area contributed by atoms with Crippen molar-refractivity contribution in [2.24, 2.45) is 0 Å². The zero-order valence-corrected chi connectivity index (χ0v) is 15.8. The summed E-state index contributed by atoms with van der Waals surface area (Å²) in [6, 6.07) is 7.86. The van der Waals surface area contributed by atoms with Crippen molar-refractivity contribution in [1.29, 1.82) is 0 Å². The number of amides is 1. The molecule has 1 aromatic heterocycles. The maximum atomic E-state index is 13.0. The quantitative estimate of drug-likeness (QED) is 0.830. The van der Waals surface area contributed by atoms with Crippen LogP contribution in [0.25, 0.3) is 5.69 Å². The second kappa shape index (κ2) is 7.37. The Hall–Kier alpha value is -1.92. The van der Waals surface area contributed by atoms with Crippen LogP contribution >= 0.6 is 11.6 Å². The van der Waals surface area contributed by atoms with Gasteiger partial charge in [-0.15, -0.1) is 5.10 Å². The topological polar surface area (TPSA) is 54.3 Å². The smallest absolute Gasteiger partial charge is 0.293 e. The van der Waals surface area contributed by atoms with Crippen molar-refractivity contribution < 1.29 is 4.79 Å². The fraction of sp³-hybridized carbons (Fsp3) is 0.526. The summed E-state index contributed by atoms with van der Waals surface area (Å²) in [7, 11) is 0. The molecule has 2 aliphatic rings. The van der Waals surface area contributed by atoms with Crippen molar-refractivity contribution in [1.82, 2.24) is 24.6 Å². The molecule has 0 aliphatic carbocycles. The highest BCUT2D eigenvalue weighted by molar-refractivity contribution is 6.30. The van der Waals surface area contributed by atoms with Gasteiger partial charge in [0.25, 0.3) is 5.91 Å². The summed E-state index contributed by atoms with van der Waals surface area (Å²) in [5, 5.41) is 5.14. The molecule has 0 N–H and O–H groups in total. The second-order valence-corrected chi connectivity index (χ2v) is 7.60. The molecule has 2 aromatic rings. The fourth-order valence-corrected chi connectivity index (χ4v) is 4.12. The van der Waals surface area contributed by atoms with Crippen molar-refractivity contribution in [3.63, 3.8) is 0 Å². The van der Waals surface area contributed by atoms with E-state index in [0.29, 0.717) is 16.9 Å². The Morgan fingerprint density at radius 3 is 2.58 bits per heavy atom. The SMILES string of the molecule is Cc1nc(C(=O)N2CCCC(N3CCCC3)C2)nn1-c1ccc(Cl)cc1. The molecule has 1 atom stereocenters. The molecule has 26 heavy (non-hydrogen) atoms. The van der Waals surface area contributed by atoms with Gasteiger partial charge in [-0.2, -0.15) is 0 Å². The Balaban J connectivity index is 1.51. The minimum Gasteiger partial charge on any atom is -0.334 e. The minimum atomic E-state index is -0.0651. The number of likely N-dealkylation sites (tertiary alicyclic amines) is 2. The first-order valence-electron chi connectivity index (χ1n) is 9.35. The number of piperidine rings is 1. The monoisotopic (exact) mass is 373 g/mol. The van der Waals surface area contributed by atoms with Crippen LogP contribution in [0.5, 0.6) is 0 Å². The van der Waals surface area contributed by atoms with Crippen molar-refractivity contribution in [2.45, 2.75) is 38.6 Å². The molecule has 138 valence electrons. The van der Waals surface area contributed by atoms with Crippen molar-refractivity contribution >= 4 is 17.5 Å². The molecular weight excluding hydrogens is 350 g/mol. The summed E-state index contributed by atoms with van der Waals surface area (Å²) in [5.74, 6) is 0.910. The highest BCUT2D eigenvalue weighted by atomic mass is 35.5. The van der Waals surface area contributed by atoms with Crippen LogP contribution in [-0.4, -0.2) is 62.7 Å². The number of aryl methyl sites for hydroxylation is 1. The van der Waals surface area contributed by atoms with Crippen molar-refractivity contribution in [3.05, 3.63) is 40.9 Å². The van der Waals surface area contributed by atoms with Crippen LogP contribution in [0.1, 0.15) is 42.1 Å². The summed E-state index contributed by atoms with van der Waals surface area (Å²) >= 11 is 5.95. The summed E-state index contributed by atoms with van der Waals surface area (Å²) in [6.45, 7) is 5.76. The average Bonchev–Trinajstić information content (AvgIpc) is 3.32. The Morgan fingerprint density at radius 2 is 1.85 bits per heavy atom. The first kappa shape index (κ1) is 17.5.